The SMILES string of the molecule is Nc1nc(=O)n([C@@H]2O[C@H](COP(=O)(O)O)C(OP(=O)(O)O)[C@@H]2O)cc1CCCNC(=O)CCOCCOCCOCCOCCNC(=O)CCCC[C@@H]1SC[C@@H]2NC(=O)N[C@@H]21. The molecule has 1 aromatic heterocycles. The highest BCUT2D eigenvalue weighted by atomic mass is 32.2. The van der Waals surface area contributed by atoms with Crippen molar-refractivity contribution >= 4 is 51.1 Å². The largest absolute Gasteiger partial charge is 0.470 e. The van der Waals surface area contributed by atoms with Crippen molar-refractivity contribution in [1.82, 2.24) is 30.8 Å². The molecule has 3 saturated heterocycles. The number of aryl methyl sites for hydroxylation is 1. The Balaban J connectivity index is 0.960. The molecule has 0 bridgehead atoms. The Hall–Kier alpha value is -2.78. The van der Waals surface area contributed by atoms with Crippen molar-refractivity contribution < 1.29 is 80.9 Å². The molecular weight excluding hydrogens is 876 g/mol. The van der Waals surface area contributed by atoms with Crippen LogP contribution in [-0.2, 0) is 57.9 Å². The molecule has 0 aromatic carbocycles. The lowest BCUT2D eigenvalue weighted by molar-refractivity contribution is -0.122. The van der Waals surface area contributed by atoms with E-state index in [-0.39, 0.29) is 68.3 Å². The molecule has 0 saturated carbocycles. The summed E-state index contributed by atoms with van der Waals surface area (Å²) in [6, 6.07) is 0.303. The summed E-state index contributed by atoms with van der Waals surface area (Å²) in [6.07, 6.45) is -2.03. The molecule has 3 fully saturated rings. The summed E-state index contributed by atoms with van der Waals surface area (Å²) >= 11 is 1.87. The summed E-state index contributed by atoms with van der Waals surface area (Å²) in [6.45, 7) is 2.25. The number of nitrogens with zero attached hydrogens (tertiary/aromatic N) is 2. The van der Waals surface area contributed by atoms with E-state index in [0.29, 0.717) is 69.8 Å². The van der Waals surface area contributed by atoms with Gasteiger partial charge in [-0.25, -0.2) is 18.7 Å². The number of carbonyl (C=O) groups excluding carboxylic acids is 3. The Bertz CT molecular complexity index is 1720. The Morgan fingerprint density at radius 3 is 2.20 bits per heavy atom. The van der Waals surface area contributed by atoms with Crippen molar-refractivity contribution in [3.8, 4) is 0 Å². The van der Waals surface area contributed by atoms with Crippen LogP contribution in [0.25, 0.3) is 0 Å². The molecular formula is C33H57N7O18P2S. The average molecular weight is 934 g/mol. The van der Waals surface area contributed by atoms with E-state index in [4.69, 9.17) is 39.2 Å². The number of nitrogens with two attached hydrogens (primary N) is 1. The van der Waals surface area contributed by atoms with E-state index in [1.165, 1.54) is 6.20 Å². The molecule has 1 unspecified atom stereocenters. The highest BCUT2D eigenvalue weighted by molar-refractivity contribution is 8.00. The molecule has 4 amide bonds. The number of hydrogen-bond acceptors (Lipinski definition) is 17. The number of amides is 4. The molecule has 4 heterocycles. The van der Waals surface area contributed by atoms with Crippen molar-refractivity contribution in [2.45, 2.75) is 86.8 Å². The average Bonchev–Trinajstić information content (AvgIpc) is 3.84. The van der Waals surface area contributed by atoms with Crippen LogP contribution in [0.1, 0.15) is 50.3 Å². The van der Waals surface area contributed by atoms with Crippen LogP contribution in [-0.4, -0.2) is 166 Å². The number of anilines is 1. The van der Waals surface area contributed by atoms with Gasteiger partial charge in [-0.1, -0.05) is 6.42 Å². The minimum atomic E-state index is -5.24. The quantitative estimate of drug-likeness (QED) is 0.0227. The molecule has 348 valence electrons. The van der Waals surface area contributed by atoms with E-state index < -0.39 is 52.5 Å². The zero-order chi connectivity index (χ0) is 44.4. The van der Waals surface area contributed by atoms with Crippen LogP contribution in [0.15, 0.2) is 11.0 Å². The maximum absolute atomic E-state index is 12.6. The third-order valence-corrected chi connectivity index (χ3v) is 12.0. The summed E-state index contributed by atoms with van der Waals surface area (Å²) in [5.74, 6) is 0.493. The fourth-order valence-electron chi connectivity index (χ4n) is 6.59. The number of ether oxygens (including phenoxy) is 5. The van der Waals surface area contributed by atoms with Gasteiger partial charge < -0.3 is 75.4 Å². The Morgan fingerprint density at radius 2 is 1.52 bits per heavy atom. The number of fused-ring (bicyclic) bond motifs is 1. The van der Waals surface area contributed by atoms with E-state index in [2.05, 4.69) is 35.3 Å². The molecule has 1 aromatic rings. The van der Waals surface area contributed by atoms with Crippen molar-refractivity contribution in [2.24, 2.45) is 0 Å². The number of phosphoric acid groups is 2. The van der Waals surface area contributed by atoms with E-state index in [0.717, 1.165) is 29.6 Å². The second kappa shape index (κ2) is 25.5. The van der Waals surface area contributed by atoms with Gasteiger partial charge in [0.2, 0.25) is 11.8 Å². The molecule has 28 heteroatoms. The first-order valence-corrected chi connectivity index (χ1v) is 23.8. The first-order chi connectivity index (χ1) is 29.0. The van der Waals surface area contributed by atoms with Crippen molar-refractivity contribution in [3.05, 3.63) is 22.2 Å². The standard InChI is InChI=1S/C33H57N7O18P2S/c34-30-21(18-40(33(45)39-30)31-28(43)29(58-60(49,50)51)23(57-31)19-56-59(46,47)48)4-3-8-35-26(42)7-10-52-12-14-54-16-17-55-15-13-53-11-9-36-25(41)6-2-1-5-24-27-22(20-61-24)37-32(44)38-27/h18,22-24,27-29,31,43H,1-17,19-20H2,(H,35,42)(H,36,41)(H2,34,39,45)(H2,37,38,44)(H2,46,47,48)(H2,49,50,51)/t22-,23+,24-,27-,28-,29?,31+/m0/s1. The van der Waals surface area contributed by atoms with Crippen molar-refractivity contribution in [1.29, 1.82) is 0 Å². The number of rotatable bonds is 30. The second-order valence-electron chi connectivity index (χ2n) is 14.1. The summed E-state index contributed by atoms with van der Waals surface area (Å²) in [5.41, 5.74) is 5.21. The third kappa shape index (κ3) is 18.5. The van der Waals surface area contributed by atoms with Gasteiger partial charge in [0.1, 0.15) is 24.1 Å². The number of phosphoric ester groups is 2. The lowest BCUT2D eigenvalue weighted by Gasteiger charge is -2.21. The number of thioether (sulfide) groups is 1. The molecule has 25 nitrogen and oxygen atoms in total. The lowest BCUT2D eigenvalue weighted by Crippen LogP contribution is -2.38. The third-order valence-electron chi connectivity index (χ3n) is 9.49. The summed E-state index contributed by atoms with van der Waals surface area (Å²) in [5, 5.41) is 22.6. The fourth-order valence-corrected chi connectivity index (χ4v) is 9.05. The zero-order valence-corrected chi connectivity index (χ0v) is 36.0. The minimum absolute atomic E-state index is 0.00856. The smallest absolute Gasteiger partial charge is 0.386 e. The number of aliphatic hydroxyl groups is 1. The normalized spacial score (nSPS) is 23.8. The van der Waals surface area contributed by atoms with Crippen LogP contribution >= 0.6 is 27.4 Å². The Labute approximate surface area is 355 Å². The van der Waals surface area contributed by atoms with E-state index >= 15 is 0 Å². The molecule has 61 heavy (non-hydrogen) atoms. The summed E-state index contributed by atoms with van der Waals surface area (Å²) < 4.78 is 59.7. The van der Waals surface area contributed by atoms with E-state index in [1.54, 1.807) is 0 Å². The van der Waals surface area contributed by atoms with Crippen molar-refractivity contribution in [2.75, 3.05) is 84.0 Å². The van der Waals surface area contributed by atoms with Crippen molar-refractivity contribution in [3.63, 3.8) is 0 Å². The number of nitrogens with one attached hydrogen (secondary N) is 4. The predicted molar refractivity (Wildman–Crippen MR) is 214 cm³/mol. The molecule has 3 aliphatic heterocycles. The van der Waals surface area contributed by atoms with Crippen LogP contribution in [0.4, 0.5) is 10.6 Å². The number of nitrogen functional groups attached to an aromatic ring is 1. The van der Waals surface area contributed by atoms with Crippen LogP contribution in [0, 0.1) is 0 Å². The summed E-state index contributed by atoms with van der Waals surface area (Å²) in [4.78, 5) is 88.7. The number of aromatic nitrogens is 2. The molecule has 3 aliphatic rings. The zero-order valence-electron chi connectivity index (χ0n) is 33.4. The van der Waals surface area contributed by atoms with E-state index in [1.807, 2.05) is 11.8 Å². The molecule has 0 aliphatic carbocycles. The predicted octanol–water partition coefficient (Wildman–Crippen LogP) is -1.98. The van der Waals surface area contributed by atoms with Crippen LogP contribution in [0.3, 0.4) is 0 Å². The van der Waals surface area contributed by atoms with Gasteiger partial charge in [-0.3, -0.25) is 23.2 Å². The second-order valence-corrected chi connectivity index (χ2v) is 17.8. The minimum Gasteiger partial charge on any atom is -0.386 e. The number of carbonyl (C=O) groups is 3. The van der Waals surface area contributed by atoms with Gasteiger partial charge in [-0.2, -0.15) is 16.7 Å². The lowest BCUT2D eigenvalue weighted by atomic mass is 10.0. The maximum Gasteiger partial charge on any atom is 0.470 e. The first kappa shape index (κ1) is 50.9. The van der Waals surface area contributed by atoms with Crippen LogP contribution in [0.5, 0.6) is 0 Å². The highest BCUT2D eigenvalue weighted by Crippen LogP contribution is 2.45. The van der Waals surface area contributed by atoms with Gasteiger partial charge in [-0.05, 0) is 25.7 Å². The monoisotopic (exact) mass is 933 g/mol. The highest BCUT2D eigenvalue weighted by Gasteiger charge is 2.49. The first-order valence-electron chi connectivity index (χ1n) is 19.7. The molecule has 4 rings (SSSR count). The molecule has 11 N–H and O–H groups in total. The maximum atomic E-state index is 12.6. The molecule has 7 atom stereocenters. The van der Waals surface area contributed by atoms with Gasteiger partial charge in [0.15, 0.2) is 6.23 Å². The topological polar surface area (TPSA) is 360 Å². The number of urea groups is 1. The Kier molecular flexibility index (Phi) is 21.3. The summed E-state index contributed by atoms with van der Waals surface area (Å²) in [7, 11) is -10.3. The number of hydrogen-bond donors (Lipinski definition) is 10. The Morgan fingerprint density at radius 1 is 0.885 bits per heavy atom. The van der Waals surface area contributed by atoms with Gasteiger partial charge >= 0.3 is 27.4 Å². The van der Waals surface area contributed by atoms with E-state index in [9.17, 15) is 43.2 Å². The van der Waals surface area contributed by atoms with Gasteiger partial charge in [0.05, 0.1) is 71.5 Å². The van der Waals surface area contributed by atoms with Gasteiger partial charge in [-0.15, -0.1) is 0 Å². The van der Waals surface area contributed by atoms with Gasteiger partial charge in [0.25, 0.3) is 0 Å². The molecule has 0 spiro atoms. The molecule has 0 radical (unpaired) electrons. The van der Waals surface area contributed by atoms with Gasteiger partial charge in [0, 0.05) is 48.7 Å². The van der Waals surface area contributed by atoms with Crippen LogP contribution < -0.4 is 32.7 Å². The van der Waals surface area contributed by atoms with Crippen LogP contribution in [0.2, 0.25) is 0 Å². The number of aliphatic hydroxyl groups excluding tert-OH is 1. The number of unbranched alkanes of at least 4 members (excludes halogenated alkanes) is 1. The fraction of sp³-hybridized carbons (Fsp3) is 0.788.